The van der Waals surface area contributed by atoms with Crippen molar-refractivity contribution in [2.45, 2.75) is 19.3 Å². The van der Waals surface area contributed by atoms with E-state index in [4.69, 9.17) is 0 Å². The van der Waals surface area contributed by atoms with Crippen LogP contribution in [0.2, 0.25) is 0 Å². The van der Waals surface area contributed by atoms with Crippen molar-refractivity contribution in [3.63, 3.8) is 0 Å². The lowest BCUT2D eigenvalue weighted by Crippen LogP contribution is -2.31. The van der Waals surface area contributed by atoms with Gasteiger partial charge in [-0.3, -0.25) is 19.7 Å². The van der Waals surface area contributed by atoms with Crippen LogP contribution < -0.4 is 10.2 Å². The molecular formula is C18H15N3O4. The summed E-state index contributed by atoms with van der Waals surface area (Å²) in [5.74, 6) is -0.314. The highest BCUT2D eigenvalue weighted by atomic mass is 16.6. The highest BCUT2D eigenvalue weighted by Crippen LogP contribution is 2.38. The van der Waals surface area contributed by atoms with Gasteiger partial charge in [0.1, 0.15) is 0 Å². The lowest BCUT2D eigenvalue weighted by atomic mass is 9.99. The first kappa shape index (κ1) is 15.3. The van der Waals surface area contributed by atoms with Gasteiger partial charge < -0.3 is 10.2 Å². The Labute approximate surface area is 143 Å². The van der Waals surface area contributed by atoms with Crippen molar-refractivity contribution >= 4 is 28.9 Å². The highest BCUT2D eigenvalue weighted by molar-refractivity contribution is 6.06. The van der Waals surface area contributed by atoms with E-state index < -0.39 is 10.8 Å². The third-order valence-corrected chi connectivity index (χ3v) is 4.59. The quantitative estimate of drug-likeness (QED) is 0.688. The summed E-state index contributed by atoms with van der Waals surface area (Å²) in [6.07, 6.45) is 2.12. The summed E-state index contributed by atoms with van der Waals surface area (Å²) in [7, 11) is 0. The van der Waals surface area contributed by atoms with Gasteiger partial charge in [0.25, 0.3) is 11.6 Å². The fourth-order valence-electron chi connectivity index (χ4n) is 3.52. The van der Waals surface area contributed by atoms with E-state index in [1.54, 1.807) is 0 Å². The number of benzene rings is 2. The summed E-state index contributed by atoms with van der Waals surface area (Å²) < 4.78 is 0. The zero-order chi connectivity index (χ0) is 17.6. The number of hydrogen-bond donors (Lipinski definition) is 1. The Bertz CT molecular complexity index is 923. The van der Waals surface area contributed by atoms with Crippen LogP contribution in [0.25, 0.3) is 0 Å². The normalized spacial score (nSPS) is 15.0. The first-order valence-corrected chi connectivity index (χ1v) is 8.05. The van der Waals surface area contributed by atoms with Crippen molar-refractivity contribution in [3.05, 3.63) is 63.2 Å². The van der Waals surface area contributed by atoms with Gasteiger partial charge >= 0.3 is 0 Å². The molecule has 0 saturated heterocycles. The number of carbonyl (C=O) groups excluding carboxylic acids is 2. The zero-order valence-electron chi connectivity index (χ0n) is 13.3. The van der Waals surface area contributed by atoms with Crippen molar-refractivity contribution in [1.82, 2.24) is 0 Å². The van der Waals surface area contributed by atoms with Gasteiger partial charge in [0.15, 0.2) is 0 Å². The number of non-ortho nitro benzene ring substituents is 1. The molecule has 0 saturated carbocycles. The maximum Gasteiger partial charge on any atom is 0.270 e. The largest absolute Gasteiger partial charge is 0.322 e. The Morgan fingerprint density at radius 2 is 2.00 bits per heavy atom. The number of carbonyl (C=O) groups is 2. The van der Waals surface area contributed by atoms with Gasteiger partial charge in [0.05, 0.1) is 17.0 Å². The lowest BCUT2D eigenvalue weighted by molar-refractivity contribution is -0.384. The standard InChI is InChI=1S/C18H15N3O4/c22-16-10-13-8-14(7-11-4-2-6-20(16)17(11)13)19-18(23)12-3-1-5-15(9-12)21(24)25/h1,3,5,7-9H,2,4,6,10H2,(H,19,23). The van der Waals surface area contributed by atoms with Crippen molar-refractivity contribution in [2.75, 3.05) is 16.8 Å². The summed E-state index contributed by atoms with van der Waals surface area (Å²) in [4.78, 5) is 36.6. The van der Waals surface area contributed by atoms with Gasteiger partial charge in [0, 0.05) is 29.9 Å². The molecule has 0 aliphatic carbocycles. The van der Waals surface area contributed by atoms with E-state index in [2.05, 4.69) is 5.32 Å². The smallest absolute Gasteiger partial charge is 0.270 e. The van der Waals surface area contributed by atoms with Gasteiger partial charge in [-0.2, -0.15) is 0 Å². The zero-order valence-corrected chi connectivity index (χ0v) is 13.3. The predicted octanol–water partition coefficient (Wildman–Crippen LogP) is 2.68. The Morgan fingerprint density at radius 1 is 1.20 bits per heavy atom. The number of nitro groups is 1. The van der Waals surface area contributed by atoms with Crippen LogP contribution in [0.1, 0.15) is 27.9 Å². The number of rotatable bonds is 3. The first-order chi connectivity index (χ1) is 12.0. The molecule has 7 nitrogen and oxygen atoms in total. The molecule has 4 rings (SSSR count). The molecule has 1 N–H and O–H groups in total. The molecule has 0 atom stereocenters. The minimum absolute atomic E-state index is 0.0955. The fraction of sp³-hybridized carbons (Fsp3) is 0.222. The van der Waals surface area contributed by atoms with Gasteiger partial charge in [-0.25, -0.2) is 0 Å². The molecule has 0 bridgehead atoms. The molecule has 0 aromatic heterocycles. The van der Waals surface area contributed by atoms with E-state index >= 15 is 0 Å². The number of anilines is 2. The Kier molecular flexibility index (Phi) is 3.49. The van der Waals surface area contributed by atoms with Crippen molar-refractivity contribution < 1.29 is 14.5 Å². The van der Waals surface area contributed by atoms with Crippen LogP contribution >= 0.6 is 0 Å². The Balaban J connectivity index is 1.63. The molecule has 7 heteroatoms. The molecule has 0 unspecified atom stereocenters. The molecule has 2 aliphatic rings. The third-order valence-electron chi connectivity index (χ3n) is 4.59. The minimum Gasteiger partial charge on any atom is -0.322 e. The van der Waals surface area contributed by atoms with E-state index in [1.807, 2.05) is 17.0 Å². The molecule has 126 valence electrons. The van der Waals surface area contributed by atoms with Crippen molar-refractivity contribution in [1.29, 1.82) is 0 Å². The number of amides is 2. The van der Waals surface area contributed by atoms with Gasteiger partial charge in [-0.1, -0.05) is 6.07 Å². The molecular weight excluding hydrogens is 322 g/mol. The summed E-state index contributed by atoms with van der Waals surface area (Å²) >= 11 is 0. The van der Waals surface area contributed by atoms with Crippen LogP contribution in [0.4, 0.5) is 17.1 Å². The third kappa shape index (κ3) is 2.63. The molecule has 2 aromatic carbocycles. The average Bonchev–Trinajstić information content (AvgIpc) is 2.92. The van der Waals surface area contributed by atoms with E-state index in [0.717, 1.165) is 36.2 Å². The molecule has 25 heavy (non-hydrogen) atoms. The molecule has 2 aliphatic heterocycles. The Morgan fingerprint density at radius 3 is 2.80 bits per heavy atom. The summed E-state index contributed by atoms with van der Waals surface area (Å²) in [5, 5.41) is 13.6. The molecule has 2 amide bonds. The average molecular weight is 337 g/mol. The van der Waals surface area contributed by atoms with Crippen LogP contribution in [-0.4, -0.2) is 23.3 Å². The molecule has 2 heterocycles. The minimum atomic E-state index is -0.531. The second-order valence-corrected chi connectivity index (χ2v) is 6.23. The lowest BCUT2D eigenvalue weighted by Gasteiger charge is -2.26. The van der Waals surface area contributed by atoms with Crippen LogP contribution in [0.15, 0.2) is 36.4 Å². The topological polar surface area (TPSA) is 92.6 Å². The summed E-state index contributed by atoms with van der Waals surface area (Å²) in [5.41, 5.74) is 3.69. The monoisotopic (exact) mass is 337 g/mol. The second-order valence-electron chi connectivity index (χ2n) is 6.23. The van der Waals surface area contributed by atoms with Crippen LogP contribution in [-0.2, 0) is 17.6 Å². The van der Waals surface area contributed by atoms with E-state index in [9.17, 15) is 19.7 Å². The number of nitrogens with one attached hydrogen (secondary N) is 1. The van der Waals surface area contributed by atoms with Gasteiger partial charge in [-0.15, -0.1) is 0 Å². The van der Waals surface area contributed by atoms with Crippen LogP contribution in [0.5, 0.6) is 0 Å². The SMILES string of the molecule is O=C(Nc1cc2c3c(c1)CC(=O)N3CCC2)c1cccc([N+](=O)[O-])c1. The van der Waals surface area contributed by atoms with Gasteiger partial charge in [-0.05, 0) is 42.2 Å². The number of nitrogens with zero attached hydrogens (tertiary/aromatic N) is 2. The highest BCUT2D eigenvalue weighted by Gasteiger charge is 2.32. The van der Waals surface area contributed by atoms with Crippen LogP contribution in [0.3, 0.4) is 0 Å². The molecule has 2 aromatic rings. The summed E-state index contributed by atoms with van der Waals surface area (Å²) in [6.45, 7) is 0.748. The maximum atomic E-state index is 12.4. The Hall–Kier alpha value is -3.22. The maximum absolute atomic E-state index is 12.4. The number of hydrogen-bond acceptors (Lipinski definition) is 4. The van der Waals surface area contributed by atoms with E-state index in [0.29, 0.717) is 12.1 Å². The van der Waals surface area contributed by atoms with Crippen molar-refractivity contribution in [3.8, 4) is 0 Å². The van der Waals surface area contributed by atoms with E-state index in [1.165, 1.54) is 24.3 Å². The van der Waals surface area contributed by atoms with Crippen molar-refractivity contribution in [2.24, 2.45) is 0 Å². The van der Waals surface area contributed by atoms with Crippen LogP contribution in [0, 0.1) is 10.1 Å². The van der Waals surface area contributed by atoms with Gasteiger partial charge in [0.2, 0.25) is 5.91 Å². The number of nitro benzene ring substituents is 1. The van der Waals surface area contributed by atoms with E-state index in [-0.39, 0.29) is 17.2 Å². The fourth-order valence-corrected chi connectivity index (χ4v) is 3.52. The first-order valence-electron chi connectivity index (χ1n) is 8.05. The number of aryl methyl sites for hydroxylation is 1. The summed E-state index contributed by atoms with van der Waals surface area (Å²) in [6, 6.07) is 9.31. The second kappa shape index (κ2) is 5.70. The molecule has 0 spiro atoms. The molecule has 0 radical (unpaired) electrons. The predicted molar refractivity (Wildman–Crippen MR) is 91.9 cm³/mol. The molecule has 0 fully saturated rings.